The highest BCUT2D eigenvalue weighted by Gasteiger charge is 2.12. The average Bonchev–Trinajstić information content (AvgIpc) is 2.63. The van der Waals surface area contributed by atoms with Gasteiger partial charge in [0.05, 0.1) is 0 Å². The molecule has 0 aliphatic rings. The van der Waals surface area contributed by atoms with Crippen LogP contribution in [0.5, 0.6) is 0 Å². The maximum absolute atomic E-state index is 11.7. The molecule has 1 aromatic rings. The normalized spacial score (nSPS) is 12.0. The first-order valence-corrected chi connectivity index (χ1v) is 10.6. The number of hydrogen-bond donors (Lipinski definition) is 4. The zero-order valence-corrected chi connectivity index (χ0v) is 19.2. The van der Waals surface area contributed by atoms with Gasteiger partial charge >= 0.3 is 6.03 Å². The Morgan fingerprint density at radius 3 is 2.14 bits per heavy atom. The molecule has 0 bridgehead atoms. The van der Waals surface area contributed by atoms with Gasteiger partial charge in [-0.05, 0) is 65.7 Å². The first-order chi connectivity index (χ1) is 13.7. The van der Waals surface area contributed by atoms with E-state index in [1.165, 1.54) is 0 Å². The van der Waals surface area contributed by atoms with Gasteiger partial charge in [0.1, 0.15) is 0 Å². The Kier molecular flexibility index (Phi) is 11.1. The topological polar surface area (TPSA) is 80.8 Å². The molecule has 0 spiro atoms. The van der Waals surface area contributed by atoms with E-state index in [1.54, 1.807) is 7.05 Å². The molecule has 164 valence electrons. The molecule has 7 heteroatoms. The van der Waals surface area contributed by atoms with Crippen molar-refractivity contribution in [2.24, 2.45) is 4.99 Å². The lowest BCUT2D eigenvalue weighted by Gasteiger charge is -2.30. The SMILES string of the molecule is CN=C(NCCCN(C(C)C)C(C)C)NCc1ccc(NC(=O)NC(C)C)cc1. The Morgan fingerprint density at radius 2 is 1.62 bits per heavy atom. The van der Waals surface area contributed by atoms with Gasteiger partial charge in [-0.3, -0.25) is 9.89 Å². The van der Waals surface area contributed by atoms with E-state index in [4.69, 9.17) is 0 Å². The fourth-order valence-corrected chi connectivity index (χ4v) is 3.12. The van der Waals surface area contributed by atoms with Gasteiger partial charge in [-0.25, -0.2) is 4.79 Å². The van der Waals surface area contributed by atoms with Crippen molar-refractivity contribution < 1.29 is 4.79 Å². The van der Waals surface area contributed by atoms with Gasteiger partial charge in [-0.2, -0.15) is 0 Å². The largest absolute Gasteiger partial charge is 0.356 e. The van der Waals surface area contributed by atoms with Crippen molar-refractivity contribution in [1.82, 2.24) is 20.9 Å². The molecule has 0 radical (unpaired) electrons. The molecule has 0 aliphatic carbocycles. The molecular formula is C22H40N6O. The number of benzene rings is 1. The molecule has 29 heavy (non-hydrogen) atoms. The Balaban J connectivity index is 2.38. The number of amides is 2. The van der Waals surface area contributed by atoms with Crippen molar-refractivity contribution >= 4 is 17.7 Å². The van der Waals surface area contributed by atoms with E-state index in [0.717, 1.165) is 36.7 Å². The second kappa shape index (κ2) is 13.0. The second-order valence-corrected chi connectivity index (χ2v) is 8.08. The van der Waals surface area contributed by atoms with Crippen LogP contribution < -0.4 is 21.3 Å². The van der Waals surface area contributed by atoms with Crippen LogP contribution in [0, 0.1) is 0 Å². The highest BCUT2D eigenvalue weighted by molar-refractivity contribution is 5.89. The number of carbonyl (C=O) groups is 1. The van der Waals surface area contributed by atoms with Crippen LogP contribution in [0.2, 0.25) is 0 Å². The van der Waals surface area contributed by atoms with E-state index in [9.17, 15) is 4.79 Å². The molecule has 1 rings (SSSR count). The van der Waals surface area contributed by atoms with Crippen LogP contribution in [0.1, 0.15) is 53.5 Å². The molecule has 0 saturated carbocycles. The number of guanidine groups is 1. The van der Waals surface area contributed by atoms with E-state index in [0.29, 0.717) is 18.6 Å². The van der Waals surface area contributed by atoms with Crippen molar-refractivity contribution in [3.8, 4) is 0 Å². The number of carbonyl (C=O) groups excluding carboxylic acids is 1. The highest BCUT2D eigenvalue weighted by atomic mass is 16.2. The van der Waals surface area contributed by atoms with Crippen LogP contribution in [0.25, 0.3) is 0 Å². The van der Waals surface area contributed by atoms with Gasteiger partial charge in [0.2, 0.25) is 0 Å². The molecule has 4 N–H and O–H groups in total. The Labute approximate surface area is 176 Å². The second-order valence-electron chi connectivity index (χ2n) is 8.08. The Morgan fingerprint density at radius 1 is 1.00 bits per heavy atom. The van der Waals surface area contributed by atoms with E-state index in [-0.39, 0.29) is 12.1 Å². The molecule has 0 heterocycles. The van der Waals surface area contributed by atoms with Crippen molar-refractivity contribution in [3.63, 3.8) is 0 Å². The predicted octanol–water partition coefficient (Wildman–Crippen LogP) is 3.39. The standard InChI is InChI=1S/C22H40N6O/c1-16(2)26-22(29)27-20-11-9-19(10-12-20)15-25-21(23-7)24-13-8-14-28(17(3)4)18(5)6/h9-12,16-18H,8,13-15H2,1-7H3,(H2,23,24,25)(H2,26,27,29). The first kappa shape index (κ1) is 24.8. The van der Waals surface area contributed by atoms with Crippen molar-refractivity contribution in [2.45, 2.75) is 72.6 Å². The van der Waals surface area contributed by atoms with Crippen molar-refractivity contribution in [3.05, 3.63) is 29.8 Å². The highest BCUT2D eigenvalue weighted by Crippen LogP contribution is 2.09. The molecule has 0 aliphatic heterocycles. The molecule has 0 fully saturated rings. The summed E-state index contributed by atoms with van der Waals surface area (Å²) >= 11 is 0. The number of nitrogens with zero attached hydrogens (tertiary/aromatic N) is 2. The van der Waals surface area contributed by atoms with Gasteiger partial charge in [0.25, 0.3) is 0 Å². The maximum Gasteiger partial charge on any atom is 0.319 e. The smallest absolute Gasteiger partial charge is 0.319 e. The van der Waals surface area contributed by atoms with Crippen LogP contribution in [0.3, 0.4) is 0 Å². The molecule has 0 atom stereocenters. The zero-order valence-electron chi connectivity index (χ0n) is 19.2. The summed E-state index contributed by atoms with van der Waals surface area (Å²) in [5.74, 6) is 0.796. The van der Waals surface area contributed by atoms with E-state index >= 15 is 0 Å². The van der Waals surface area contributed by atoms with Crippen LogP contribution in [0.4, 0.5) is 10.5 Å². The number of anilines is 1. The Bertz CT molecular complexity index is 617. The number of urea groups is 1. The van der Waals surface area contributed by atoms with E-state index in [2.05, 4.69) is 58.9 Å². The summed E-state index contributed by atoms with van der Waals surface area (Å²) in [6.45, 7) is 15.4. The lowest BCUT2D eigenvalue weighted by molar-refractivity contribution is 0.173. The minimum absolute atomic E-state index is 0.108. The summed E-state index contributed by atoms with van der Waals surface area (Å²) in [5, 5.41) is 12.3. The van der Waals surface area contributed by atoms with Gasteiger partial charge in [-0.15, -0.1) is 0 Å². The lowest BCUT2D eigenvalue weighted by atomic mass is 10.2. The maximum atomic E-state index is 11.7. The summed E-state index contributed by atoms with van der Waals surface area (Å²) in [4.78, 5) is 18.5. The van der Waals surface area contributed by atoms with Crippen molar-refractivity contribution in [2.75, 3.05) is 25.5 Å². The molecule has 7 nitrogen and oxygen atoms in total. The predicted molar refractivity (Wildman–Crippen MR) is 124 cm³/mol. The summed E-state index contributed by atoms with van der Waals surface area (Å²) in [6, 6.07) is 8.82. The third-order valence-electron chi connectivity index (χ3n) is 4.53. The summed E-state index contributed by atoms with van der Waals surface area (Å²) < 4.78 is 0. The number of aliphatic imine (C=N–C) groups is 1. The van der Waals surface area contributed by atoms with Gasteiger partial charge in [-0.1, -0.05) is 12.1 Å². The quantitative estimate of drug-likeness (QED) is 0.274. The van der Waals surface area contributed by atoms with Crippen LogP contribution in [-0.4, -0.2) is 55.2 Å². The van der Waals surface area contributed by atoms with Crippen molar-refractivity contribution in [1.29, 1.82) is 0 Å². The average molecular weight is 405 g/mol. The summed E-state index contributed by atoms with van der Waals surface area (Å²) in [5.41, 5.74) is 1.89. The monoisotopic (exact) mass is 404 g/mol. The first-order valence-electron chi connectivity index (χ1n) is 10.6. The molecule has 2 amide bonds. The number of rotatable bonds is 10. The minimum atomic E-state index is -0.191. The molecule has 0 unspecified atom stereocenters. The molecular weight excluding hydrogens is 364 g/mol. The molecule has 0 saturated heterocycles. The van der Waals surface area contributed by atoms with Gasteiger partial charge < -0.3 is 21.3 Å². The zero-order chi connectivity index (χ0) is 21.8. The third kappa shape index (κ3) is 10.2. The molecule has 1 aromatic carbocycles. The number of hydrogen-bond acceptors (Lipinski definition) is 3. The Hall–Kier alpha value is -2.28. The third-order valence-corrected chi connectivity index (χ3v) is 4.53. The fraction of sp³-hybridized carbons (Fsp3) is 0.636. The minimum Gasteiger partial charge on any atom is -0.356 e. The summed E-state index contributed by atoms with van der Waals surface area (Å²) in [6.07, 6.45) is 1.07. The lowest BCUT2D eigenvalue weighted by Crippen LogP contribution is -2.41. The van der Waals surface area contributed by atoms with Gasteiger partial charge in [0.15, 0.2) is 5.96 Å². The number of nitrogens with one attached hydrogen (secondary N) is 4. The van der Waals surface area contributed by atoms with Gasteiger partial charge in [0, 0.05) is 50.5 Å². The van der Waals surface area contributed by atoms with Crippen LogP contribution in [0.15, 0.2) is 29.3 Å². The van der Waals surface area contributed by atoms with E-state index < -0.39 is 0 Å². The van der Waals surface area contributed by atoms with Crippen LogP contribution in [-0.2, 0) is 6.54 Å². The van der Waals surface area contributed by atoms with Crippen LogP contribution >= 0.6 is 0 Å². The summed E-state index contributed by atoms with van der Waals surface area (Å²) in [7, 11) is 1.78. The fourth-order valence-electron chi connectivity index (χ4n) is 3.12. The van der Waals surface area contributed by atoms with E-state index in [1.807, 2.05) is 38.1 Å². The molecule has 0 aromatic heterocycles.